The Bertz CT molecular complexity index is 723. The zero-order valence-corrected chi connectivity index (χ0v) is 12.1. The van der Waals surface area contributed by atoms with Gasteiger partial charge in [0.1, 0.15) is 0 Å². The van der Waals surface area contributed by atoms with Gasteiger partial charge in [0.2, 0.25) is 5.91 Å². The molecule has 0 saturated carbocycles. The average Bonchev–Trinajstić information content (AvgIpc) is 2.49. The highest BCUT2D eigenvalue weighted by Gasteiger charge is 2.08. The van der Waals surface area contributed by atoms with Crippen molar-refractivity contribution in [3.8, 4) is 0 Å². The molecule has 2 rings (SSSR count). The number of rotatable bonds is 6. The van der Waals surface area contributed by atoms with E-state index in [1.165, 1.54) is 24.3 Å². The van der Waals surface area contributed by atoms with Crippen molar-refractivity contribution in [2.75, 3.05) is 5.32 Å². The molecule has 118 valence electrons. The molecule has 0 atom stereocenters. The summed E-state index contributed by atoms with van der Waals surface area (Å²) in [7, 11) is 0. The predicted molar refractivity (Wildman–Crippen MR) is 83.2 cm³/mol. The number of carboxylic acids is 1. The first-order chi connectivity index (χ1) is 10.9. The van der Waals surface area contributed by atoms with Crippen LogP contribution in [-0.2, 0) is 22.4 Å². The minimum atomic E-state index is -0.909. The Morgan fingerprint density at radius 3 is 1.96 bits per heavy atom. The zero-order chi connectivity index (χ0) is 16.8. The van der Waals surface area contributed by atoms with Crippen molar-refractivity contribution in [1.82, 2.24) is 0 Å². The summed E-state index contributed by atoms with van der Waals surface area (Å²) < 4.78 is 0. The molecule has 0 bridgehead atoms. The molecule has 1 amide bonds. The molecule has 0 aliphatic heterocycles. The number of hydrogen-bond acceptors (Lipinski definition) is 4. The van der Waals surface area contributed by atoms with Gasteiger partial charge in [-0.15, -0.1) is 0 Å². The second-order valence-corrected chi connectivity index (χ2v) is 4.92. The number of nitrogens with one attached hydrogen (secondary N) is 1. The standard InChI is InChI=1S/C16H14N2O5/c19-15(17-13-5-7-14(8-6-13)18(22)23)9-11-1-3-12(4-2-11)10-16(20)21/h1-8H,9-10H2,(H,17,19)(H,20,21). The lowest BCUT2D eigenvalue weighted by molar-refractivity contribution is -0.384. The van der Waals surface area contributed by atoms with Gasteiger partial charge >= 0.3 is 5.97 Å². The summed E-state index contributed by atoms with van der Waals surface area (Å²) in [4.78, 5) is 32.6. The summed E-state index contributed by atoms with van der Waals surface area (Å²) in [6, 6.07) is 12.3. The Hall–Kier alpha value is -3.22. The van der Waals surface area contributed by atoms with Gasteiger partial charge in [0.25, 0.3) is 5.69 Å². The molecule has 0 heterocycles. The molecule has 23 heavy (non-hydrogen) atoms. The molecule has 2 aromatic rings. The molecule has 0 radical (unpaired) electrons. The van der Waals surface area contributed by atoms with Gasteiger partial charge in [-0.05, 0) is 23.3 Å². The molecule has 0 fully saturated rings. The van der Waals surface area contributed by atoms with Crippen LogP contribution in [0.3, 0.4) is 0 Å². The summed E-state index contributed by atoms with van der Waals surface area (Å²) in [5.74, 6) is -1.17. The number of nitro groups is 1. The fourth-order valence-corrected chi connectivity index (χ4v) is 2.01. The highest BCUT2D eigenvalue weighted by molar-refractivity contribution is 5.92. The quantitative estimate of drug-likeness (QED) is 0.628. The van der Waals surface area contributed by atoms with Crippen molar-refractivity contribution in [3.63, 3.8) is 0 Å². The zero-order valence-electron chi connectivity index (χ0n) is 12.1. The average molecular weight is 314 g/mol. The van der Waals surface area contributed by atoms with Crippen LogP contribution in [0, 0.1) is 10.1 Å². The van der Waals surface area contributed by atoms with E-state index in [2.05, 4.69) is 5.32 Å². The summed E-state index contributed by atoms with van der Waals surface area (Å²) in [6.45, 7) is 0. The molecule has 2 aromatic carbocycles. The minimum absolute atomic E-state index is 0.0444. The first kappa shape index (κ1) is 16.2. The van der Waals surface area contributed by atoms with Crippen molar-refractivity contribution >= 4 is 23.3 Å². The second-order valence-electron chi connectivity index (χ2n) is 4.92. The van der Waals surface area contributed by atoms with Gasteiger partial charge in [-0.1, -0.05) is 24.3 Å². The smallest absolute Gasteiger partial charge is 0.307 e. The number of carbonyl (C=O) groups is 2. The predicted octanol–water partition coefficient (Wildman–Crippen LogP) is 2.40. The molecule has 0 aliphatic rings. The molecule has 0 aromatic heterocycles. The maximum absolute atomic E-state index is 11.9. The van der Waals surface area contributed by atoms with Crippen LogP contribution in [0.2, 0.25) is 0 Å². The molecule has 2 N–H and O–H groups in total. The third-order valence-electron chi connectivity index (χ3n) is 3.10. The lowest BCUT2D eigenvalue weighted by Gasteiger charge is -2.06. The van der Waals surface area contributed by atoms with E-state index in [-0.39, 0.29) is 24.4 Å². The largest absolute Gasteiger partial charge is 0.481 e. The van der Waals surface area contributed by atoms with E-state index in [1.54, 1.807) is 24.3 Å². The SMILES string of the molecule is O=C(O)Cc1ccc(CC(=O)Nc2ccc([N+](=O)[O-])cc2)cc1. The van der Waals surface area contributed by atoms with Crippen LogP contribution in [0.5, 0.6) is 0 Å². The summed E-state index contributed by atoms with van der Waals surface area (Å²) >= 11 is 0. The van der Waals surface area contributed by atoms with Gasteiger partial charge in [-0.25, -0.2) is 0 Å². The number of nitrogens with zero attached hydrogens (tertiary/aromatic N) is 1. The Balaban J connectivity index is 1.93. The molecule has 7 heteroatoms. The van der Waals surface area contributed by atoms with Crippen molar-refractivity contribution in [2.45, 2.75) is 12.8 Å². The van der Waals surface area contributed by atoms with Crippen LogP contribution >= 0.6 is 0 Å². The first-order valence-electron chi connectivity index (χ1n) is 6.78. The van der Waals surface area contributed by atoms with E-state index in [1.807, 2.05) is 0 Å². The van der Waals surface area contributed by atoms with Gasteiger partial charge < -0.3 is 10.4 Å². The normalized spacial score (nSPS) is 10.1. The monoisotopic (exact) mass is 314 g/mol. The van der Waals surface area contributed by atoms with Crippen LogP contribution in [-0.4, -0.2) is 21.9 Å². The summed E-state index contributed by atoms with van der Waals surface area (Å²) in [5, 5.41) is 21.9. The summed E-state index contributed by atoms with van der Waals surface area (Å²) in [6.07, 6.45) is 0.0691. The van der Waals surface area contributed by atoms with Crippen LogP contribution < -0.4 is 5.32 Å². The molecule has 0 unspecified atom stereocenters. The van der Waals surface area contributed by atoms with E-state index < -0.39 is 10.9 Å². The van der Waals surface area contributed by atoms with E-state index in [4.69, 9.17) is 5.11 Å². The lowest BCUT2D eigenvalue weighted by Crippen LogP contribution is -2.14. The molecular weight excluding hydrogens is 300 g/mol. The van der Waals surface area contributed by atoms with Crippen LogP contribution in [0.25, 0.3) is 0 Å². The Labute approximate surface area is 131 Å². The van der Waals surface area contributed by atoms with Crippen LogP contribution in [0.15, 0.2) is 48.5 Å². The van der Waals surface area contributed by atoms with E-state index >= 15 is 0 Å². The third-order valence-corrected chi connectivity index (χ3v) is 3.10. The number of hydrogen-bond donors (Lipinski definition) is 2. The molecule has 0 saturated heterocycles. The maximum Gasteiger partial charge on any atom is 0.307 e. The van der Waals surface area contributed by atoms with Crippen molar-refractivity contribution in [1.29, 1.82) is 0 Å². The fourth-order valence-electron chi connectivity index (χ4n) is 2.01. The van der Waals surface area contributed by atoms with Crippen molar-refractivity contribution in [2.24, 2.45) is 0 Å². The first-order valence-corrected chi connectivity index (χ1v) is 6.78. The Kier molecular flexibility index (Phi) is 5.03. The molecule has 7 nitrogen and oxygen atoms in total. The molecular formula is C16H14N2O5. The van der Waals surface area contributed by atoms with Gasteiger partial charge in [0, 0.05) is 17.8 Å². The van der Waals surface area contributed by atoms with E-state index in [0.29, 0.717) is 11.3 Å². The molecule has 0 spiro atoms. The fraction of sp³-hybridized carbons (Fsp3) is 0.125. The van der Waals surface area contributed by atoms with Crippen molar-refractivity contribution in [3.05, 3.63) is 69.8 Å². The number of amides is 1. The van der Waals surface area contributed by atoms with Gasteiger partial charge in [-0.3, -0.25) is 19.7 Å². The van der Waals surface area contributed by atoms with E-state index in [0.717, 1.165) is 5.56 Å². The highest BCUT2D eigenvalue weighted by atomic mass is 16.6. The summed E-state index contributed by atoms with van der Waals surface area (Å²) in [5.41, 5.74) is 1.84. The molecule has 0 aliphatic carbocycles. The lowest BCUT2D eigenvalue weighted by atomic mass is 10.1. The number of nitro benzene ring substituents is 1. The van der Waals surface area contributed by atoms with Gasteiger partial charge in [-0.2, -0.15) is 0 Å². The second kappa shape index (κ2) is 7.17. The van der Waals surface area contributed by atoms with Crippen LogP contribution in [0.1, 0.15) is 11.1 Å². The maximum atomic E-state index is 11.9. The number of carbonyl (C=O) groups excluding carboxylic acids is 1. The Morgan fingerprint density at radius 2 is 1.48 bits per heavy atom. The van der Waals surface area contributed by atoms with Gasteiger partial charge in [0.05, 0.1) is 17.8 Å². The topological polar surface area (TPSA) is 110 Å². The minimum Gasteiger partial charge on any atom is -0.481 e. The van der Waals surface area contributed by atoms with Crippen LogP contribution in [0.4, 0.5) is 11.4 Å². The number of aliphatic carboxylic acids is 1. The number of non-ortho nitro benzene ring substituents is 1. The van der Waals surface area contributed by atoms with Crippen molar-refractivity contribution < 1.29 is 19.6 Å². The third kappa shape index (κ3) is 4.92. The Morgan fingerprint density at radius 1 is 0.957 bits per heavy atom. The van der Waals surface area contributed by atoms with E-state index in [9.17, 15) is 19.7 Å². The number of anilines is 1. The van der Waals surface area contributed by atoms with Gasteiger partial charge in [0.15, 0.2) is 0 Å². The highest BCUT2D eigenvalue weighted by Crippen LogP contribution is 2.15. The number of benzene rings is 2. The number of carboxylic acid groups (broad SMARTS) is 1.